The fourth-order valence-electron chi connectivity index (χ4n) is 2.42. The van der Waals surface area contributed by atoms with Crippen LogP contribution in [0.4, 0.5) is 5.82 Å². The first kappa shape index (κ1) is 15.8. The number of hydrogen-bond acceptors (Lipinski definition) is 3. The number of ether oxygens (including phenoxy) is 1. The minimum atomic E-state index is -0.206. The summed E-state index contributed by atoms with van der Waals surface area (Å²) in [6.07, 6.45) is 0. The van der Waals surface area contributed by atoms with Crippen molar-refractivity contribution in [2.24, 2.45) is 0 Å². The van der Waals surface area contributed by atoms with Gasteiger partial charge >= 0.3 is 0 Å². The van der Waals surface area contributed by atoms with Gasteiger partial charge in [-0.15, -0.1) is 0 Å². The molecule has 0 spiro atoms. The van der Waals surface area contributed by atoms with Gasteiger partial charge in [-0.05, 0) is 44.2 Å². The predicted octanol–water partition coefficient (Wildman–Crippen LogP) is 3.75. The standard InChI is InChI=1S/C19H19N3O2/c1-13-7-9-16(10-8-13)22-18(11-14(2)21-22)20-19(23)15-5-4-6-17(12-15)24-3/h4-12H,1-3H3,(H,20,23). The third kappa shape index (κ3) is 3.30. The Hall–Kier alpha value is -3.08. The monoisotopic (exact) mass is 321 g/mol. The summed E-state index contributed by atoms with van der Waals surface area (Å²) >= 11 is 0. The smallest absolute Gasteiger partial charge is 0.256 e. The lowest BCUT2D eigenvalue weighted by Crippen LogP contribution is -2.15. The van der Waals surface area contributed by atoms with Gasteiger partial charge in [0.15, 0.2) is 0 Å². The molecule has 5 heteroatoms. The fraction of sp³-hybridized carbons (Fsp3) is 0.158. The third-order valence-corrected chi connectivity index (χ3v) is 3.68. The molecule has 0 atom stereocenters. The molecule has 0 unspecified atom stereocenters. The molecule has 3 aromatic rings. The van der Waals surface area contributed by atoms with Crippen molar-refractivity contribution in [3.8, 4) is 11.4 Å². The average Bonchev–Trinajstić information content (AvgIpc) is 2.96. The highest BCUT2D eigenvalue weighted by molar-refractivity contribution is 6.04. The van der Waals surface area contributed by atoms with Crippen LogP contribution in [0.2, 0.25) is 0 Å². The van der Waals surface area contributed by atoms with E-state index in [4.69, 9.17) is 4.74 Å². The van der Waals surface area contributed by atoms with Gasteiger partial charge in [0, 0.05) is 11.6 Å². The maximum absolute atomic E-state index is 12.5. The lowest BCUT2D eigenvalue weighted by Gasteiger charge is -2.10. The Balaban J connectivity index is 1.90. The highest BCUT2D eigenvalue weighted by Gasteiger charge is 2.13. The number of rotatable bonds is 4. The number of nitrogens with one attached hydrogen (secondary N) is 1. The second-order valence-electron chi connectivity index (χ2n) is 5.60. The quantitative estimate of drug-likeness (QED) is 0.796. The van der Waals surface area contributed by atoms with Crippen LogP contribution in [0, 0.1) is 13.8 Å². The number of benzene rings is 2. The Morgan fingerprint density at radius 2 is 1.83 bits per heavy atom. The zero-order valence-corrected chi connectivity index (χ0v) is 13.9. The summed E-state index contributed by atoms with van der Waals surface area (Å²) in [5.74, 6) is 1.07. The third-order valence-electron chi connectivity index (χ3n) is 3.68. The van der Waals surface area contributed by atoms with Crippen molar-refractivity contribution in [3.05, 3.63) is 71.4 Å². The lowest BCUT2D eigenvalue weighted by molar-refractivity contribution is 0.102. The first-order chi connectivity index (χ1) is 11.6. The maximum Gasteiger partial charge on any atom is 0.256 e. The van der Waals surface area contributed by atoms with Crippen LogP contribution in [0.15, 0.2) is 54.6 Å². The number of aromatic nitrogens is 2. The van der Waals surface area contributed by atoms with E-state index in [1.165, 1.54) is 5.56 Å². The van der Waals surface area contributed by atoms with Gasteiger partial charge in [0.05, 0.1) is 18.5 Å². The van der Waals surface area contributed by atoms with Crippen LogP contribution in [-0.4, -0.2) is 22.8 Å². The van der Waals surface area contributed by atoms with Crippen molar-refractivity contribution in [2.45, 2.75) is 13.8 Å². The van der Waals surface area contributed by atoms with E-state index in [2.05, 4.69) is 10.4 Å². The molecule has 1 N–H and O–H groups in total. The Morgan fingerprint density at radius 3 is 2.54 bits per heavy atom. The van der Waals surface area contributed by atoms with Gasteiger partial charge in [0.25, 0.3) is 5.91 Å². The Kier molecular flexibility index (Phi) is 4.33. The average molecular weight is 321 g/mol. The van der Waals surface area contributed by atoms with Crippen LogP contribution < -0.4 is 10.1 Å². The van der Waals surface area contributed by atoms with Crippen LogP contribution >= 0.6 is 0 Å². The zero-order chi connectivity index (χ0) is 17.1. The van der Waals surface area contributed by atoms with Gasteiger partial charge in [0.2, 0.25) is 0 Å². The predicted molar refractivity (Wildman–Crippen MR) is 94.0 cm³/mol. The molecular formula is C19H19N3O2. The normalized spacial score (nSPS) is 10.5. The molecule has 122 valence electrons. The SMILES string of the molecule is COc1cccc(C(=O)Nc2cc(C)nn2-c2ccc(C)cc2)c1. The van der Waals surface area contributed by atoms with Gasteiger partial charge in [-0.2, -0.15) is 5.10 Å². The highest BCUT2D eigenvalue weighted by Crippen LogP contribution is 2.19. The van der Waals surface area contributed by atoms with Gasteiger partial charge < -0.3 is 10.1 Å². The molecule has 1 heterocycles. The molecule has 0 aliphatic carbocycles. The van der Waals surface area contributed by atoms with Crippen LogP contribution in [0.1, 0.15) is 21.6 Å². The molecule has 0 aliphatic rings. The number of hydrogen-bond donors (Lipinski definition) is 1. The number of nitrogens with zero attached hydrogens (tertiary/aromatic N) is 2. The number of methoxy groups -OCH3 is 1. The minimum absolute atomic E-state index is 0.206. The maximum atomic E-state index is 12.5. The van der Waals surface area contributed by atoms with Crippen LogP contribution in [0.25, 0.3) is 5.69 Å². The molecule has 0 radical (unpaired) electrons. The number of carbonyl (C=O) groups is 1. The summed E-state index contributed by atoms with van der Waals surface area (Å²) in [6.45, 7) is 3.93. The van der Waals surface area contributed by atoms with E-state index in [0.717, 1.165) is 11.4 Å². The molecule has 2 aromatic carbocycles. The Morgan fingerprint density at radius 1 is 1.08 bits per heavy atom. The van der Waals surface area contributed by atoms with E-state index in [-0.39, 0.29) is 5.91 Å². The molecule has 1 amide bonds. The summed E-state index contributed by atoms with van der Waals surface area (Å²) in [7, 11) is 1.58. The Labute approximate surface area is 140 Å². The molecular weight excluding hydrogens is 302 g/mol. The van der Waals surface area contributed by atoms with E-state index < -0.39 is 0 Å². The van der Waals surface area contributed by atoms with Gasteiger partial charge in [0.1, 0.15) is 11.6 Å². The van der Waals surface area contributed by atoms with Gasteiger partial charge in [-0.1, -0.05) is 23.8 Å². The second-order valence-corrected chi connectivity index (χ2v) is 5.60. The first-order valence-corrected chi connectivity index (χ1v) is 7.66. The summed E-state index contributed by atoms with van der Waals surface area (Å²) < 4.78 is 6.90. The second kappa shape index (κ2) is 6.58. The van der Waals surface area contributed by atoms with Crippen molar-refractivity contribution in [2.75, 3.05) is 12.4 Å². The molecule has 0 saturated carbocycles. The topological polar surface area (TPSA) is 56.1 Å². The summed E-state index contributed by atoms with van der Waals surface area (Å²) in [5.41, 5.74) is 3.43. The molecule has 0 fully saturated rings. The van der Waals surface area contributed by atoms with Crippen molar-refractivity contribution in [1.29, 1.82) is 0 Å². The minimum Gasteiger partial charge on any atom is -0.497 e. The van der Waals surface area contributed by atoms with Crippen LogP contribution in [0.3, 0.4) is 0 Å². The number of anilines is 1. The van der Waals surface area contributed by atoms with Crippen LogP contribution in [-0.2, 0) is 0 Å². The lowest BCUT2D eigenvalue weighted by atomic mass is 10.2. The number of carbonyl (C=O) groups excluding carboxylic acids is 1. The summed E-state index contributed by atoms with van der Waals surface area (Å²) in [6, 6.07) is 16.9. The molecule has 0 saturated heterocycles. The van der Waals surface area contributed by atoms with E-state index >= 15 is 0 Å². The molecule has 0 bridgehead atoms. The molecule has 24 heavy (non-hydrogen) atoms. The van der Waals surface area contributed by atoms with E-state index in [0.29, 0.717) is 17.1 Å². The van der Waals surface area contributed by atoms with E-state index in [1.807, 2.05) is 44.2 Å². The van der Waals surface area contributed by atoms with Gasteiger partial charge in [-0.3, -0.25) is 4.79 Å². The van der Waals surface area contributed by atoms with Crippen LogP contribution in [0.5, 0.6) is 5.75 Å². The van der Waals surface area contributed by atoms with Crippen molar-refractivity contribution in [3.63, 3.8) is 0 Å². The highest BCUT2D eigenvalue weighted by atomic mass is 16.5. The molecule has 3 rings (SSSR count). The number of amides is 1. The van der Waals surface area contributed by atoms with E-state index in [1.54, 1.807) is 36.1 Å². The van der Waals surface area contributed by atoms with Crippen molar-refractivity contribution >= 4 is 11.7 Å². The Bertz CT molecular complexity index is 867. The number of aryl methyl sites for hydroxylation is 2. The van der Waals surface area contributed by atoms with Crippen molar-refractivity contribution in [1.82, 2.24) is 9.78 Å². The zero-order valence-electron chi connectivity index (χ0n) is 13.9. The molecule has 0 aliphatic heterocycles. The van der Waals surface area contributed by atoms with E-state index in [9.17, 15) is 4.79 Å². The molecule has 1 aromatic heterocycles. The summed E-state index contributed by atoms with van der Waals surface area (Å²) in [4.78, 5) is 12.5. The summed E-state index contributed by atoms with van der Waals surface area (Å²) in [5, 5.41) is 7.39. The van der Waals surface area contributed by atoms with Crippen molar-refractivity contribution < 1.29 is 9.53 Å². The largest absolute Gasteiger partial charge is 0.497 e. The first-order valence-electron chi connectivity index (χ1n) is 7.66. The molecule has 5 nitrogen and oxygen atoms in total. The van der Waals surface area contributed by atoms with Gasteiger partial charge in [-0.25, -0.2) is 4.68 Å². The fourth-order valence-corrected chi connectivity index (χ4v) is 2.42.